The Kier molecular flexibility index (Phi) is 6.37. The first-order valence-corrected chi connectivity index (χ1v) is 9.69. The molecule has 1 heterocycles. The molecule has 1 nitrogen and oxygen atoms in total. The Balaban J connectivity index is 1.93. The second kappa shape index (κ2) is 8.93. The molecule has 25 heavy (non-hydrogen) atoms. The van der Waals surface area contributed by atoms with E-state index in [-0.39, 0.29) is 18.6 Å². The van der Waals surface area contributed by atoms with Gasteiger partial charge in [0.1, 0.15) is 0 Å². The molecule has 1 atom stereocenters. The van der Waals surface area contributed by atoms with Crippen LogP contribution in [-0.2, 0) is 0 Å². The molecule has 0 aliphatic heterocycles. The van der Waals surface area contributed by atoms with Crippen molar-refractivity contribution < 1.29 is 4.39 Å². The van der Waals surface area contributed by atoms with Crippen LogP contribution in [-0.4, -0.2) is 24.7 Å². The van der Waals surface area contributed by atoms with Crippen LogP contribution in [0.3, 0.4) is 0 Å². The summed E-state index contributed by atoms with van der Waals surface area (Å²) in [6, 6.07) is 23.2. The molecule has 0 aliphatic carbocycles. The molecule has 3 rings (SSSR count). The molecule has 0 saturated heterocycles. The van der Waals surface area contributed by atoms with Crippen molar-refractivity contribution in [2.75, 3.05) is 19.8 Å². The fraction of sp³-hybridized carbons (Fsp3) is 0.273. The van der Waals surface area contributed by atoms with E-state index in [9.17, 15) is 4.39 Å². The molecule has 0 radical (unpaired) electrons. The van der Waals surface area contributed by atoms with E-state index in [1.807, 2.05) is 23.6 Å². The van der Waals surface area contributed by atoms with Gasteiger partial charge in [-0.2, -0.15) is 11.3 Å². The highest BCUT2D eigenvalue weighted by Gasteiger charge is 2.24. The Morgan fingerprint density at radius 2 is 1.48 bits per heavy atom. The van der Waals surface area contributed by atoms with E-state index in [1.165, 1.54) is 11.1 Å². The lowest BCUT2D eigenvalue weighted by Crippen LogP contribution is -2.34. The molecule has 0 spiro atoms. The molecular formula is C22H24FNS. The van der Waals surface area contributed by atoms with E-state index in [0.717, 1.165) is 12.1 Å². The second-order valence-electron chi connectivity index (χ2n) is 6.22. The maximum absolute atomic E-state index is 13.8. The van der Waals surface area contributed by atoms with Crippen LogP contribution in [0.25, 0.3) is 0 Å². The summed E-state index contributed by atoms with van der Waals surface area (Å²) in [6.45, 7) is 3.40. The summed E-state index contributed by atoms with van der Waals surface area (Å²) in [7, 11) is 0. The number of benzene rings is 2. The summed E-state index contributed by atoms with van der Waals surface area (Å²) < 4.78 is 13.8. The smallest absolute Gasteiger partial charge is 0.0975 e. The Bertz CT molecular complexity index is 688. The van der Waals surface area contributed by atoms with Crippen LogP contribution in [0.1, 0.15) is 35.6 Å². The molecule has 0 fully saturated rings. The van der Waals surface area contributed by atoms with Gasteiger partial charge in [0.15, 0.2) is 0 Å². The second-order valence-corrected chi connectivity index (χ2v) is 7.00. The van der Waals surface area contributed by atoms with Crippen molar-refractivity contribution in [3.05, 3.63) is 94.2 Å². The van der Waals surface area contributed by atoms with Gasteiger partial charge in [0.25, 0.3) is 0 Å². The zero-order valence-electron chi connectivity index (χ0n) is 14.5. The molecule has 0 saturated carbocycles. The number of rotatable bonds is 8. The zero-order chi connectivity index (χ0) is 17.5. The first-order chi connectivity index (χ1) is 12.3. The van der Waals surface area contributed by atoms with Gasteiger partial charge in [0, 0.05) is 12.5 Å². The van der Waals surface area contributed by atoms with Gasteiger partial charge < -0.3 is 0 Å². The molecule has 0 amide bonds. The van der Waals surface area contributed by atoms with E-state index in [4.69, 9.17) is 0 Å². The number of halogens is 1. The van der Waals surface area contributed by atoms with Crippen LogP contribution in [0.5, 0.6) is 0 Å². The lowest BCUT2D eigenvalue weighted by Gasteiger charge is -2.34. The maximum atomic E-state index is 13.8. The van der Waals surface area contributed by atoms with Crippen molar-refractivity contribution in [3.63, 3.8) is 0 Å². The van der Waals surface area contributed by atoms with Crippen molar-refractivity contribution in [2.24, 2.45) is 0 Å². The lowest BCUT2D eigenvalue weighted by atomic mass is 9.95. The monoisotopic (exact) mass is 353 g/mol. The fourth-order valence-electron chi connectivity index (χ4n) is 3.34. The highest BCUT2D eigenvalue weighted by Crippen LogP contribution is 2.31. The number of hydrogen-bond acceptors (Lipinski definition) is 2. The average Bonchev–Trinajstić information content (AvgIpc) is 3.21. The predicted molar refractivity (Wildman–Crippen MR) is 105 cm³/mol. The maximum Gasteiger partial charge on any atom is 0.0975 e. The van der Waals surface area contributed by atoms with Crippen molar-refractivity contribution in [3.8, 4) is 0 Å². The Morgan fingerprint density at radius 1 is 0.880 bits per heavy atom. The number of nitrogens with zero attached hydrogens (tertiary/aromatic N) is 1. The topological polar surface area (TPSA) is 3.24 Å². The fourth-order valence-corrected chi connectivity index (χ4v) is 4.08. The van der Waals surface area contributed by atoms with Crippen LogP contribution < -0.4 is 0 Å². The quantitative estimate of drug-likeness (QED) is 0.486. The molecule has 0 aliphatic rings. The minimum absolute atomic E-state index is 0.0823. The van der Waals surface area contributed by atoms with Crippen LogP contribution in [0.15, 0.2) is 77.5 Å². The Morgan fingerprint density at radius 3 is 1.92 bits per heavy atom. The molecular weight excluding hydrogens is 329 g/mol. The zero-order valence-corrected chi connectivity index (χ0v) is 15.3. The minimum Gasteiger partial charge on any atom is -0.292 e. The van der Waals surface area contributed by atoms with E-state index < -0.39 is 0 Å². The Labute approximate surface area is 153 Å². The highest BCUT2D eigenvalue weighted by atomic mass is 32.1. The number of likely N-dealkylation sites (N-methyl/N-ethyl adjacent to an activating group) is 1. The van der Waals surface area contributed by atoms with Gasteiger partial charge >= 0.3 is 0 Å². The molecule has 0 unspecified atom stereocenters. The largest absolute Gasteiger partial charge is 0.292 e. The van der Waals surface area contributed by atoms with E-state index in [1.54, 1.807) is 11.3 Å². The van der Waals surface area contributed by atoms with E-state index >= 15 is 0 Å². The summed E-state index contributed by atoms with van der Waals surface area (Å²) in [5, 5.41) is 4.10. The Hall–Kier alpha value is -1.97. The highest BCUT2D eigenvalue weighted by molar-refractivity contribution is 7.07. The first kappa shape index (κ1) is 17.8. The van der Waals surface area contributed by atoms with Gasteiger partial charge in [0.2, 0.25) is 0 Å². The van der Waals surface area contributed by atoms with Crippen LogP contribution in [0, 0.1) is 0 Å². The molecule has 3 aromatic rings. The predicted octanol–water partition coefficient (Wildman–Crippen LogP) is 5.91. The molecule has 0 bridgehead atoms. The summed E-state index contributed by atoms with van der Waals surface area (Å²) in [6.07, 6.45) is 0. The summed E-state index contributed by atoms with van der Waals surface area (Å²) in [5.74, 6) is -0.0823. The normalized spacial score (nSPS) is 12.6. The molecule has 130 valence electrons. The summed E-state index contributed by atoms with van der Waals surface area (Å²) >= 11 is 1.63. The van der Waals surface area contributed by atoms with Gasteiger partial charge in [-0.25, -0.2) is 0 Å². The molecule has 2 aromatic carbocycles. The van der Waals surface area contributed by atoms with Crippen molar-refractivity contribution in [2.45, 2.75) is 18.9 Å². The van der Waals surface area contributed by atoms with Crippen molar-refractivity contribution in [1.82, 2.24) is 4.90 Å². The SMILES string of the molecule is CCN(C[C@@H](CF)c1ccsc1)C(c1ccccc1)c1ccccc1. The van der Waals surface area contributed by atoms with Crippen LogP contribution >= 0.6 is 11.3 Å². The molecule has 3 heteroatoms. The minimum atomic E-state index is -0.330. The number of hydrogen-bond donors (Lipinski definition) is 0. The third-order valence-corrected chi connectivity index (χ3v) is 5.36. The standard InChI is InChI=1S/C22H24FNS/c1-2-24(16-21(15-23)20-13-14-25-17-20)22(18-9-5-3-6-10-18)19-11-7-4-8-12-19/h3-14,17,21-22H,2,15-16H2,1H3/t21-/m1/s1. The van der Waals surface area contributed by atoms with Crippen molar-refractivity contribution in [1.29, 1.82) is 0 Å². The average molecular weight is 354 g/mol. The van der Waals surface area contributed by atoms with Gasteiger partial charge in [-0.15, -0.1) is 0 Å². The summed E-state index contributed by atoms with van der Waals surface area (Å²) in [4.78, 5) is 2.38. The first-order valence-electron chi connectivity index (χ1n) is 8.75. The van der Waals surface area contributed by atoms with Gasteiger partial charge in [-0.1, -0.05) is 67.6 Å². The number of alkyl halides is 1. The third kappa shape index (κ3) is 4.36. The van der Waals surface area contributed by atoms with Crippen LogP contribution in [0.2, 0.25) is 0 Å². The summed E-state index contributed by atoms with van der Waals surface area (Å²) in [5.41, 5.74) is 3.60. The molecule has 0 N–H and O–H groups in total. The van der Waals surface area contributed by atoms with Gasteiger partial charge in [-0.3, -0.25) is 9.29 Å². The van der Waals surface area contributed by atoms with Crippen molar-refractivity contribution >= 4 is 11.3 Å². The van der Waals surface area contributed by atoms with Gasteiger partial charge in [-0.05, 0) is 40.1 Å². The number of thiophene rings is 1. The third-order valence-electron chi connectivity index (χ3n) is 4.66. The van der Waals surface area contributed by atoms with Crippen LogP contribution in [0.4, 0.5) is 4.39 Å². The van der Waals surface area contributed by atoms with E-state index in [2.05, 4.69) is 65.7 Å². The van der Waals surface area contributed by atoms with Gasteiger partial charge in [0.05, 0.1) is 12.7 Å². The van der Waals surface area contributed by atoms with E-state index in [0.29, 0.717) is 6.54 Å². The molecule has 1 aromatic heterocycles. The lowest BCUT2D eigenvalue weighted by molar-refractivity contribution is 0.209.